The van der Waals surface area contributed by atoms with Gasteiger partial charge in [0.2, 0.25) is 0 Å². The van der Waals surface area contributed by atoms with Crippen molar-refractivity contribution in [1.82, 2.24) is 19.8 Å². The van der Waals surface area contributed by atoms with Crippen molar-refractivity contribution in [2.45, 2.75) is 19.6 Å². The zero-order chi connectivity index (χ0) is 17.8. The van der Waals surface area contributed by atoms with Gasteiger partial charge < -0.3 is 14.5 Å². The van der Waals surface area contributed by atoms with Crippen LogP contribution in [-0.2, 0) is 11.3 Å². The molecule has 1 aromatic heterocycles. The first-order chi connectivity index (χ1) is 12.0. The summed E-state index contributed by atoms with van der Waals surface area (Å²) in [6.07, 6.45) is 1.45. The number of morpholine rings is 1. The number of aryl methyl sites for hydroxylation is 1. The fraction of sp³-hybridized carbons (Fsp3) is 0.421. The topological polar surface area (TPSA) is 58.6 Å². The fourth-order valence-corrected chi connectivity index (χ4v) is 2.91. The number of rotatable bonds is 4. The number of nitrogens with zero attached hydrogens (tertiary/aromatic N) is 4. The number of ether oxygens (including phenoxy) is 1. The molecule has 2 aromatic rings. The molecule has 1 saturated heterocycles. The van der Waals surface area contributed by atoms with Gasteiger partial charge in [0.15, 0.2) is 5.82 Å². The molecule has 25 heavy (non-hydrogen) atoms. The van der Waals surface area contributed by atoms with Crippen LogP contribution >= 0.6 is 0 Å². The van der Waals surface area contributed by atoms with Crippen LogP contribution in [-0.4, -0.2) is 59.5 Å². The average Bonchev–Trinajstić information content (AvgIpc) is 2.61. The van der Waals surface area contributed by atoms with Gasteiger partial charge in [0.05, 0.1) is 13.2 Å². The lowest BCUT2D eigenvalue weighted by atomic mass is 10.1. The minimum absolute atomic E-state index is 0.0253. The van der Waals surface area contributed by atoms with E-state index < -0.39 is 0 Å². The third-order valence-electron chi connectivity index (χ3n) is 4.15. The van der Waals surface area contributed by atoms with Gasteiger partial charge in [0.25, 0.3) is 5.91 Å². The summed E-state index contributed by atoms with van der Waals surface area (Å²) in [7, 11) is 4.06. The highest BCUT2D eigenvalue weighted by atomic mass is 16.5. The summed E-state index contributed by atoms with van der Waals surface area (Å²) < 4.78 is 5.77. The molecule has 0 spiro atoms. The van der Waals surface area contributed by atoms with Crippen LogP contribution < -0.4 is 0 Å². The smallest absolute Gasteiger partial charge is 0.254 e. The molecule has 1 atom stereocenters. The second-order valence-corrected chi connectivity index (χ2v) is 6.60. The maximum atomic E-state index is 12.8. The summed E-state index contributed by atoms with van der Waals surface area (Å²) in [6, 6.07) is 9.66. The number of carbonyl (C=O) groups excluding carboxylic acids is 1. The first-order valence-corrected chi connectivity index (χ1v) is 8.47. The Bertz CT molecular complexity index is 730. The van der Waals surface area contributed by atoms with E-state index in [0.717, 1.165) is 12.2 Å². The molecule has 2 heterocycles. The molecule has 6 heteroatoms. The van der Waals surface area contributed by atoms with Gasteiger partial charge in [-0.2, -0.15) is 0 Å². The van der Waals surface area contributed by atoms with Gasteiger partial charge in [-0.05, 0) is 44.8 Å². The molecule has 0 N–H and O–H groups in total. The first kappa shape index (κ1) is 17.5. The Labute approximate surface area is 148 Å². The highest BCUT2D eigenvalue weighted by Gasteiger charge is 2.27. The SMILES string of the molecule is Cc1ccnc([C@H]2CN(C(=O)c3ccc(CN(C)C)cc3)CCO2)n1. The van der Waals surface area contributed by atoms with Crippen LogP contribution in [0.2, 0.25) is 0 Å². The van der Waals surface area contributed by atoms with Crippen molar-refractivity contribution >= 4 is 5.91 Å². The minimum atomic E-state index is -0.273. The Kier molecular flexibility index (Phi) is 5.40. The van der Waals surface area contributed by atoms with Gasteiger partial charge in [-0.3, -0.25) is 4.79 Å². The number of carbonyl (C=O) groups is 1. The summed E-state index contributed by atoms with van der Waals surface area (Å²) in [5, 5.41) is 0. The van der Waals surface area contributed by atoms with E-state index in [1.165, 1.54) is 5.56 Å². The summed E-state index contributed by atoms with van der Waals surface area (Å²) >= 11 is 0. The van der Waals surface area contributed by atoms with Crippen LogP contribution in [0.4, 0.5) is 0 Å². The third kappa shape index (κ3) is 4.41. The minimum Gasteiger partial charge on any atom is -0.367 e. The molecule has 0 saturated carbocycles. The largest absolute Gasteiger partial charge is 0.367 e. The van der Waals surface area contributed by atoms with Crippen molar-refractivity contribution in [3.8, 4) is 0 Å². The normalized spacial score (nSPS) is 17.8. The molecule has 1 amide bonds. The maximum absolute atomic E-state index is 12.8. The molecular formula is C19H24N4O2. The van der Waals surface area contributed by atoms with Crippen LogP contribution in [0.3, 0.4) is 0 Å². The van der Waals surface area contributed by atoms with Crippen molar-refractivity contribution in [2.75, 3.05) is 33.8 Å². The van der Waals surface area contributed by atoms with E-state index in [-0.39, 0.29) is 12.0 Å². The van der Waals surface area contributed by atoms with E-state index in [1.54, 1.807) is 6.20 Å². The molecule has 0 unspecified atom stereocenters. The molecule has 132 valence electrons. The second-order valence-electron chi connectivity index (χ2n) is 6.60. The lowest BCUT2D eigenvalue weighted by Crippen LogP contribution is -2.42. The van der Waals surface area contributed by atoms with Gasteiger partial charge in [0, 0.05) is 30.5 Å². The van der Waals surface area contributed by atoms with Gasteiger partial charge in [0.1, 0.15) is 6.10 Å². The Morgan fingerprint density at radius 2 is 2.04 bits per heavy atom. The summed E-state index contributed by atoms with van der Waals surface area (Å²) in [6.45, 7) is 4.33. The number of hydrogen-bond donors (Lipinski definition) is 0. The summed E-state index contributed by atoms with van der Waals surface area (Å²) in [5.74, 6) is 0.663. The van der Waals surface area contributed by atoms with Crippen molar-refractivity contribution in [3.05, 3.63) is 59.2 Å². The molecule has 1 aliphatic rings. The second kappa shape index (κ2) is 7.72. The van der Waals surface area contributed by atoms with Gasteiger partial charge in [-0.1, -0.05) is 12.1 Å². The van der Waals surface area contributed by atoms with Crippen LogP contribution in [0.25, 0.3) is 0 Å². The summed E-state index contributed by atoms with van der Waals surface area (Å²) in [4.78, 5) is 25.4. The molecule has 0 aliphatic carbocycles. The maximum Gasteiger partial charge on any atom is 0.254 e. The lowest BCUT2D eigenvalue weighted by Gasteiger charge is -2.32. The van der Waals surface area contributed by atoms with Crippen molar-refractivity contribution in [3.63, 3.8) is 0 Å². The predicted octanol–water partition coefficient (Wildman–Crippen LogP) is 2.06. The van der Waals surface area contributed by atoms with Gasteiger partial charge in [-0.15, -0.1) is 0 Å². The van der Waals surface area contributed by atoms with Gasteiger partial charge in [-0.25, -0.2) is 9.97 Å². The number of aromatic nitrogens is 2. The fourth-order valence-electron chi connectivity index (χ4n) is 2.91. The average molecular weight is 340 g/mol. The van der Waals surface area contributed by atoms with E-state index in [0.29, 0.717) is 31.1 Å². The zero-order valence-electron chi connectivity index (χ0n) is 15.0. The van der Waals surface area contributed by atoms with E-state index in [9.17, 15) is 4.79 Å². The van der Waals surface area contributed by atoms with Crippen LogP contribution in [0.15, 0.2) is 36.5 Å². The van der Waals surface area contributed by atoms with Crippen LogP contribution in [0.5, 0.6) is 0 Å². The number of hydrogen-bond acceptors (Lipinski definition) is 5. The Hall–Kier alpha value is -2.31. The Morgan fingerprint density at radius 1 is 1.28 bits per heavy atom. The number of amides is 1. The van der Waals surface area contributed by atoms with Crippen molar-refractivity contribution < 1.29 is 9.53 Å². The zero-order valence-corrected chi connectivity index (χ0v) is 15.0. The molecule has 1 fully saturated rings. The predicted molar refractivity (Wildman–Crippen MR) is 95.2 cm³/mol. The molecule has 0 bridgehead atoms. The number of benzene rings is 1. The molecular weight excluding hydrogens is 316 g/mol. The van der Waals surface area contributed by atoms with Crippen LogP contribution in [0, 0.1) is 6.92 Å². The molecule has 3 rings (SSSR count). The standard InChI is InChI=1S/C19H24N4O2/c1-14-8-9-20-18(21-14)17-13-23(10-11-25-17)19(24)16-6-4-15(5-7-16)12-22(2)3/h4-9,17H,10-13H2,1-3H3/t17-/m1/s1. The quantitative estimate of drug-likeness (QED) is 0.853. The Balaban J connectivity index is 1.69. The molecule has 1 aliphatic heterocycles. The Morgan fingerprint density at radius 3 is 2.72 bits per heavy atom. The van der Waals surface area contributed by atoms with Crippen molar-refractivity contribution in [2.24, 2.45) is 0 Å². The molecule has 0 radical (unpaired) electrons. The van der Waals surface area contributed by atoms with Gasteiger partial charge >= 0.3 is 0 Å². The monoisotopic (exact) mass is 340 g/mol. The summed E-state index contributed by atoms with van der Waals surface area (Å²) in [5.41, 5.74) is 2.79. The molecule has 1 aromatic carbocycles. The van der Waals surface area contributed by atoms with E-state index in [1.807, 2.05) is 56.3 Å². The third-order valence-corrected chi connectivity index (χ3v) is 4.15. The van der Waals surface area contributed by atoms with E-state index in [4.69, 9.17) is 4.74 Å². The lowest BCUT2D eigenvalue weighted by molar-refractivity contribution is -0.0268. The van der Waals surface area contributed by atoms with Crippen LogP contribution in [0.1, 0.15) is 33.5 Å². The highest BCUT2D eigenvalue weighted by Crippen LogP contribution is 2.21. The van der Waals surface area contributed by atoms with E-state index in [2.05, 4.69) is 14.9 Å². The highest BCUT2D eigenvalue weighted by molar-refractivity contribution is 5.94. The first-order valence-electron chi connectivity index (χ1n) is 8.47. The van der Waals surface area contributed by atoms with E-state index >= 15 is 0 Å². The molecule has 6 nitrogen and oxygen atoms in total. The van der Waals surface area contributed by atoms with Crippen molar-refractivity contribution in [1.29, 1.82) is 0 Å².